The highest BCUT2D eigenvalue weighted by atomic mass is 16.5. The van der Waals surface area contributed by atoms with Gasteiger partial charge in [-0.05, 0) is 42.1 Å². The number of methoxy groups -OCH3 is 1. The van der Waals surface area contributed by atoms with Gasteiger partial charge in [-0.1, -0.05) is 18.2 Å². The number of esters is 1. The zero-order chi connectivity index (χ0) is 17.4. The molecule has 0 aliphatic carbocycles. The molecular formula is C18H20N4O2. The van der Waals surface area contributed by atoms with E-state index < -0.39 is 0 Å². The van der Waals surface area contributed by atoms with E-state index in [0.29, 0.717) is 23.8 Å². The van der Waals surface area contributed by atoms with Gasteiger partial charge >= 0.3 is 5.97 Å². The monoisotopic (exact) mass is 324 g/mol. The van der Waals surface area contributed by atoms with E-state index in [2.05, 4.69) is 10.3 Å². The van der Waals surface area contributed by atoms with Crippen molar-refractivity contribution in [2.24, 2.45) is 0 Å². The molecule has 0 fully saturated rings. The molecule has 0 amide bonds. The molecule has 24 heavy (non-hydrogen) atoms. The minimum Gasteiger partial charge on any atom is -0.465 e. The summed E-state index contributed by atoms with van der Waals surface area (Å²) in [6, 6.07) is 12.7. The molecule has 124 valence electrons. The molecule has 0 bridgehead atoms. The first kappa shape index (κ1) is 17.2. The Kier molecular flexibility index (Phi) is 6.08. The van der Waals surface area contributed by atoms with E-state index in [-0.39, 0.29) is 5.97 Å². The number of pyridine rings is 1. The lowest BCUT2D eigenvalue weighted by Gasteiger charge is -2.22. The Bertz CT molecular complexity index is 712. The Morgan fingerprint density at radius 3 is 2.62 bits per heavy atom. The van der Waals surface area contributed by atoms with Crippen LogP contribution in [0.2, 0.25) is 0 Å². The molecule has 1 aromatic carbocycles. The van der Waals surface area contributed by atoms with Crippen LogP contribution in [0.3, 0.4) is 0 Å². The van der Waals surface area contributed by atoms with E-state index in [4.69, 9.17) is 10.1 Å². The van der Waals surface area contributed by atoms with Gasteiger partial charge in [-0.3, -0.25) is 5.41 Å². The molecule has 0 radical (unpaired) electrons. The molecule has 0 aliphatic rings. The molecule has 1 heterocycles. The number of nitrogens with zero attached hydrogens (tertiary/aromatic N) is 2. The van der Waals surface area contributed by atoms with Crippen LogP contribution < -0.4 is 10.2 Å². The topological polar surface area (TPSA) is 78.3 Å². The van der Waals surface area contributed by atoms with Crippen LogP contribution in [-0.2, 0) is 11.3 Å². The van der Waals surface area contributed by atoms with Gasteiger partial charge in [0.1, 0.15) is 11.7 Å². The summed E-state index contributed by atoms with van der Waals surface area (Å²) in [5.74, 6) is 0.619. The van der Waals surface area contributed by atoms with Crippen LogP contribution in [0.25, 0.3) is 0 Å². The largest absolute Gasteiger partial charge is 0.465 e. The third-order valence-electron chi connectivity index (χ3n) is 3.34. The Hall–Kier alpha value is -3.15. The lowest BCUT2D eigenvalue weighted by atomic mass is 10.1. The van der Waals surface area contributed by atoms with Crippen molar-refractivity contribution in [2.45, 2.75) is 6.54 Å². The van der Waals surface area contributed by atoms with Gasteiger partial charge in [-0.15, -0.1) is 0 Å². The summed E-state index contributed by atoms with van der Waals surface area (Å²) in [4.78, 5) is 17.6. The summed E-state index contributed by atoms with van der Waals surface area (Å²) in [6.07, 6.45) is 5.05. The van der Waals surface area contributed by atoms with Crippen LogP contribution in [-0.4, -0.2) is 30.9 Å². The molecule has 2 N–H and O–H groups in total. The first-order valence-corrected chi connectivity index (χ1v) is 7.44. The van der Waals surface area contributed by atoms with Crippen molar-refractivity contribution >= 4 is 17.6 Å². The van der Waals surface area contributed by atoms with Gasteiger partial charge in [0.05, 0.1) is 19.2 Å². The number of hydrogen-bond donors (Lipinski definition) is 2. The predicted octanol–water partition coefficient (Wildman–Crippen LogP) is 2.59. The molecule has 0 saturated carbocycles. The van der Waals surface area contributed by atoms with E-state index in [1.807, 2.05) is 30.3 Å². The summed E-state index contributed by atoms with van der Waals surface area (Å²) in [5.41, 5.74) is 1.45. The standard InChI is InChI=1S/C18H20N4O2/c1-20-12-10-16(19)22(17-5-3-4-11-21-17)13-14-6-8-15(9-7-14)18(23)24-2/h3-12,19-20H,13H2,1-2H3/b12-10-,19-16?. The molecule has 2 aromatic rings. The van der Waals surface area contributed by atoms with E-state index in [9.17, 15) is 4.79 Å². The SMILES string of the molecule is CN/C=C\C(=N)N(Cc1ccc(C(=O)OC)cc1)c1ccccn1. The number of amidine groups is 1. The molecule has 2 rings (SSSR count). The molecule has 0 spiro atoms. The molecule has 0 unspecified atom stereocenters. The molecular weight excluding hydrogens is 304 g/mol. The molecule has 1 aromatic heterocycles. The Labute approximate surface area is 141 Å². The number of hydrogen-bond acceptors (Lipinski definition) is 5. The van der Waals surface area contributed by atoms with Gasteiger partial charge in [0, 0.05) is 13.2 Å². The Balaban J connectivity index is 2.23. The van der Waals surface area contributed by atoms with Crippen molar-refractivity contribution in [1.82, 2.24) is 10.3 Å². The highest BCUT2D eigenvalue weighted by Gasteiger charge is 2.13. The molecule has 6 nitrogen and oxygen atoms in total. The zero-order valence-electron chi connectivity index (χ0n) is 13.7. The molecule has 6 heteroatoms. The summed E-state index contributed by atoms with van der Waals surface area (Å²) in [6.45, 7) is 0.464. The van der Waals surface area contributed by atoms with Crippen LogP contribution in [0.4, 0.5) is 5.82 Å². The van der Waals surface area contributed by atoms with Crippen LogP contribution >= 0.6 is 0 Å². The number of carbonyl (C=O) groups excluding carboxylic acids is 1. The van der Waals surface area contributed by atoms with Gasteiger partial charge in [0.2, 0.25) is 0 Å². The van der Waals surface area contributed by atoms with E-state index >= 15 is 0 Å². The maximum absolute atomic E-state index is 11.5. The average Bonchev–Trinajstić information content (AvgIpc) is 2.64. The van der Waals surface area contributed by atoms with Crippen molar-refractivity contribution in [3.05, 3.63) is 72.1 Å². The van der Waals surface area contributed by atoms with Gasteiger partial charge in [0.15, 0.2) is 0 Å². The quantitative estimate of drug-likeness (QED) is 0.485. The van der Waals surface area contributed by atoms with Crippen molar-refractivity contribution in [3.63, 3.8) is 0 Å². The Morgan fingerprint density at radius 1 is 1.29 bits per heavy atom. The van der Waals surface area contributed by atoms with Gasteiger partial charge < -0.3 is 15.0 Å². The van der Waals surface area contributed by atoms with Crippen LogP contribution in [0.1, 0.15) is 15.9 Å². The van der Waals surface area contributed by atoms with Crippen LogP contribution in [0.15, 0.2) is 60.9 Å². The van der Waals surface area contributed by atoms with Crippen molar-refractivity contribution in [2.75, 3.05) is 19.1 Å². The smallest absolute Gasteiger partial charge is 0.337 e. The number of nitrogens with one attached hydrogen (secondary N) is 2. The lowest BCUT2D eigenvalue weighted by molar-refractivity contribution is 0.0600. The van der Waals surface area contributed by atoms with Crippen molar-refractivity contribution < 1.29 is 9.53 Å². The van der Waals surface area contributed by atoms with Crippen LogP contribution in [0.5, 0.6) is 0 Å². The minimum absolute atomic E-state index is 0.306. The number of rotatable bonds is 6. The fourth-order valence-electron chi connectivity index (χ4n) is 2.10. The van der Waals surface area contributed by atoms with E-state index in [0.717, 1.165) is 5.56 Å². The first-order chi connectivity index (χ1) is 11.7. The van der Waals surface area contributed by atoms with Crippen molar-refractivity contribution in [3.8, 4) is 0 Å². The number of benzene rings is 1. The highest BCUT2D eigenvalue weighted by Crippen LogP contribution is 2.16. The van der Waals surface area contributed by atoms with Crippen molar-refractivity contribution in [1.29, 1.82) is 5.41 Å². The lowest BCUT2D eigenvalue weighted by Crippen LogP contribution is -2.29. The second-order valence-corrected chi connectivity index (χ2v) is 4.97. The summed E-state index contributed by atoms with van der Waals surface area (Å²) >= 11 is 0. The maximum atomic E-state index is 11.5. The fourth-order valence-corrected chi connectivity index (χ4v) is 2.10. The highest BCUT2D eigenvalue weighted by molar-refractivity contribution is 6.02. The average molecular weight is 324 g/mol. The first-order valence-electron chi connectivity index (χ1n) is 7.44. The minimum atomic E-state index is -0.368. The second-order valence-electron chi connectivity index (χ2n) is 4.97. The fraction of sp³-hybridized carbons (Fsp3) is 0.167. The molecule has 0 aliphatic heterocycles. The predicted molar refractivity (Wildman–Crippen MR) is 94.1 cm³/mol. The third-order valence-corrected chi connectivity index (χ3v) is 3.34. The maximum Gasteiger partial charge on any atom is 0.337 e. The van der Waals surface area contributed by atoms with Gasteiger partial charge in [-0.25, -0.2) is 9.78 Å². The van der Waals surface area contributed by atoms with E-state index in [1.165, 1.54) is 7.11 Å². The Morgan fingerprint density at radius 2 is 2.04 bits per heavy atom. The van der Waals surface area contributed by atoms with Crippen LogP contribution in [0, 0.1) is 5.41 Å². The van der Waals surface area contributed by atoms with Gasteiger partial charge in [0.25, 0.3) is 0 Å². The summed E-state index contributed by atoms with van der Waals surface area (Å²) in [5, 5.41) is 11.1. The summed E-state index contributed by atoms with van der Waals surface area (Å²) in [7, 11) is 3.13. The number of aromatic nitrogens is 1. The molecule has 0 atom stereocenters. The normalized spacial score (nSPS) is 10.4. The number of ether oxygens (including phenoxy) is 1. The number of carbonyl (C=O) groups is 1. The van der Waals surface area contributed by atoms with E-state index in [1.54, 1.807) is 42.6 Å². The zero-order valence-corrected chi connectivity index (χ0v) is 13.7. The third kappa shape index (κ3) is 4.42. The molecule has 0 saturated heterocycles. The van der Waals surface area contributed by atoms with Gasteiger partial charge in [-0.2, -0.15) is 0 Å². The number of anilines is 1. The second kappa shape index (κ2) is 8.47. The summed E-state index contributed by atoms with van der Waals surface area (Å²) < 4.78 is 4.70.